The van der Waals surface area contributed by atoms with Gasteiger partial charge >= 0.3 is 0 Å². The molecule has 1 aliphatic carbocycles. The molecule has 9 nitrogen and oxygen atoms in total. The Kier molecular flexibility index (Phi) is 7.25. The van der Waals surface area contributed by atoms with Crippen molar-refractivity contribution in [3.63, 3.8) is 0 Å². The number of ether oxygens (including phenoxy) is 1. The molecule has 1 N–H and O–H groups in total. The third-order valence-corrected chi connectivity index (χ3v) is 8.24. The van der Waals surface area contributed by atoms with Crippen molar-refractivity contribution in [3.8, 4) is 5.75 Å². The Morgan fingerprint density at radius 1 is 1.09 bits per heavy atom. The van der Waals surface area contributed by atoms with E-state index in [2.05, 4.69) is 9.62 Å². The molecule has 2 aliphatic heterocycles. The minimum atomic E-state index is -4.06. The fourth-order valence-corrected chi connectivity index (χ4v) is 6.16. The first kappa shape index (κ1) is 24.0. The van der Waals surface area contributed by atoms with Crippen LogP contribution in [0.25, 0.3) is 0 Å². The van der Waals surface area contributed by atoms with Gasteiger partial charge in [-0.25, -0.2) is 8.42 Å². The number of piperidine rings is 1. The summed E-state index contributed by atoms with van der Waals surface area (Å²) < 4.78 is 34.5. The molecule has 1 atom stereocenters. The molecule has 3 aliphatic rings. The van der Waals surface area contributed by atoms with Gasteiger partial charge in [-0.15, -0.1) is 0 Å². The molecule has 0 unspecified atom stereocenters. The van der Waals surface area contributed by atoms with Crippen LogP contribution in [0.15, 0.2) is 23.1 Å². The van der Waals surface area contributed by atoms with E-state index >= 15 is 0 Å². The van der Waals surface area contributed by atoms with Crippen molar-refractivity contribution in [1.82, 2.24) is 14.5 Å². The number of sulfonamides is 1. The SMILES string of the molecule is COc1c(N2CCCCC2=O)cccc1S(=O)(=O)N[C@@H](C)C(=O)N1CCCN(C2CC2)CC1. The molecule has 1 aromatic rings. The quantitative estimate of drug-likeness (QED) is 0.639. The number of nitrogens with one attached hydrogen (secondary N) is 1. The highest BCUT2D eigenvalue weighted by molar-refractivity contribution is 7.89. The zero-order chi connectivity index (χ0) is 23.6. The van der Waals surface area contributed by atoms with Crippen LogP contribution >= 0.6 is 0 Å². The second-order valence-electron chi connectivity index (χ2n) is 9.10. The Morgan fingerprint density at radius 2 is 1.88 bits per heavy atom. The molecule has 0 aromatic heterocycles. The first-order valence-corrected chi connectivity index (χ1v) is 13.3. The Labute approximate surface area is 196 Å². The monoisotopic (exact) mass is 478 g/mol. The topological polar surface area (TPSA) is 99.3 Å². The molecule has 1 saturated carbocycles. The smallest absolute Gasteiger partial charge is 0.245 e. The van der Waals surface area contributed by atoms with Gasteiger partial charge in [0.1, 0.15) is 4.90 Å². The lowest BCUT2D eigenvalue weighted by Crippen LogP contribution is -2.48. The summed E-state index contributed by atoms with van der Waals surface area (Å²) in [5, 5.41) is 0. The molecule has 2 saturated heterocycles. The van der Waals surface area contributed by atoms with E-state index in [9.17, 15) is 18.0 Å². The first-order valence-electron chi connectivity index (χ1n) is 11.8. The maximum Gasteiger partial charge on any atom is 0.245 e. The standard InChI is InChI=1S/C23H34N4O5S/c1-17(23(29)26-13-6-12-25(15-16-26)18-10-11-18)24-33(30,31)20-8-5-7-19(22(20)32-2)27-14-4-3-9-21(27)28/h5,7-8,17-18,24H,3-4,6,9-16H2,1-2H3/t17-/m0/s1. The number of anilines is 1. The number of amides is 2. The van der Waals surface area contributed by atoms with Gasteiger partial charge in [0.05, 0.1) is 18.8 Å². The third kappa shape index (κ3) is 5.33. The molecule has 2 heterocycles. The van der Waals surface area contributed by atoms with E-state index in [-0.39, 0.29) is 22.5 Å². The van der Waals surface area contributed by atoms with Gasteiger partial charge in [0.2, 0.25) is 21.8 Å². The average molecular weight is 479 g/mol. The highest BCUT2D eigenvalue weighted by Crippen LogP contribution is 2.36. The molecule has 33 heavy (non-hydrogen) atoms. The van der Waals surface area contributed by atoms with Crippen molar-refractivity contribution in [1.29, 1.82) is 0 Å². The number of hydrogen-bond donors (Lipinski definition) is 1. The molecular formula is C23H34N4O5S. The molecular weight excluding hydrogens is 444 g/mol. The highest BCUT2D eigenvalue weighted by atomic mass is 32.2. The average Bonchev–Trinajstić information content (AvgIpc) is 3.65. The van der Waals surface area contributed by atoms with Gasteiger partial charge in [-0.2, -0.15) is 4.72 Å². The summed E-state index contributed by atoms with van der Waals surface area (Å²) in [6.45, 7) is 5.15. The van der Waals surface area contributed by atoms with Gasteiger partial charge < -0.3 is 14.5 Å². The minimum Gasteiger partial charge on any atom is -0.493 e. The van der Waals surface area contributed by atoms with E-state index in [0.29, 0.717) is 37.8 Å². The second kappa shape index (κ2) is 9.99. The highest BCUT2D eigenvalue weighted by Gasteiger charge is 2.34. The van der Waals surface area contributed by atoms with Crippen molar-refractivity contribution in [3.05, 3.63) is 18.2 Å². The largest absolute Gasteiger partial charge is 0.493 e. The lowest BCUT2D eigenvalue weighted by atomic mass is 10.1. The Hall–Kier alpha value is -2.17. The Balaban J connectivity index is 1.49. The van der Waals surface area contributed by atoms with Crippen molar-refractivity contribution in [2.75, 3.05) is 44.7 Å². The molecule has 2 amide bonds. The number of benzene rings is 1. The van der Waals surface area contributed by atoms with Crippen LogP contribution in [0, 0.1) is 0 Å². The number of methoxy groups -OCH3 is 1. The maximum atomic E-state index is 13.3. The third-order valence-electron chi connectivity index (χ3n) is 6.67. The summed E-state index contributed by atoms with van der Waals surface area (Å²) in [6.07, 6.45) is 5.46. The van der Waals surface area contributed by atoms with E-state index < -0.39 is 16.1 Å². The van der Waals surface area contributed by atoms with Crippen LogP contribution in [-0.2, 0) is 19.6 Å². The summed E-state index contributed by atoms with van der Waals surface area (Å²) in [6, 6.07) is 4.48. The van der Waals surface area contributed by atoms with Gasteiger partial charge in [-0.05, 0) is 51.2 Å². The predicted molar refractivity (Wildman–Crippen MR) is 125 cm³/mol. The van der Waals surface area contributed by atoms with E-state index in [1.54, 1.807) is 28.9 Å². The summed E-state index contributed by atoms with van der Waals surface area (Å²) in [7, 11) is -2.67. The maximum absolute atomic E-state index is 13.3. The zero-order valence-corrected chi connectivity index (χ0v) is 20.3. The number of nitrogens with zero attached hydrogens (tertiary/aromatic N) is 3. The van der Waals surface area contributed by atoms with Crippen LogP contribution in [0.4, 0.5) is 5.69 Å². The van der Waals surface area contributed by atoms with Crippen LogP contribution in [0.5, 0.6) is 5.75 Å². The van der Waals surface area contributed by atoms with Gasteiger partial charge in [-0.3, -0.25) is 14.5 Å². The number of carbonyl (C=O) groups excluding carboxylic acids is 2. The van der Waals surface area contributed by atoms with Gasteiger partial charge in [0.25, 0.3) is 0 Å². The molecule has 4 rings (SSSR count). The van der Waals surface area contributed by atoms with E-state index in [4.69, 9.17) is 4.74 Å². The van der Waals surface area contributed by atoms with Gasteiger partial charge in [0.15, 0.2) is 5.75 Å². The Morgan fingerprint density at radius 3 is 2.58 bits per heavy atom. The predicted octanol–water partition coefficient (Wildman–Crippen LogP) is 1.58. The van der Waals surface area contributed by atoms with Crippen LogP contribution in [0.1, 0.15) is 45.4 Å². The molecule has 0 bridgehead atoms. The van der Waals surface area contributed by atoms with Crippen molar-refractivity contribution in [2.24, 2.45) is 0 Å². The fourth-order valence-electron chi connectivity index (χ4n) is 4.78. The zero-order valence-electron chi connectivity index (χ0n) is 19.5. The molecule has 1 aromatic carbocycles. The number of carbonyl (C=O) groups is 2. The minimum absolute atomic E-state index is 0.0491. The van der Waals surface area contributed by atoms with Crippen molar-refractivity contribution in [2.45, 2.75) is 62.4 Å². The van der Waals surface area contributed by atoms with Crippen LogP contribution in [0.2, 0.25) is 0 Å². The van der Waals surface area contributed by atoms with Crippen LogP contribution in [-0.4, -0.2) is 81.9 Å². The lowest BCUT2D eigenvalue weighted by Gasteiger charge is -2.29. The lowest BCUT2D eigenvalue weighted by molar-refractivity contribution is -0.132. The number of para-hydroxylation sites is 1. The van der Waals surface area contributed by atoms with Crippen molar-refractivity contribution >= 4 is 27.5 Å². The van der Waals surface area contributed by atoms with E-state index in [1.807, 2.05) is 0 Å². The normalized spacial score (nSPS) is 21.6. The van der Waals surface area contributed by atoms with Gasteiger partial charge in [0, 0.05) is 45.2 Å². The summed E-state index contributed by atoms with van der Waals surface area (Å²) in [5.74, 6) is -0.153. The second-order valence-corrected chi connectivity index (χ2v) is 10.8. The molecule has 0 radical (unpaired) electrons. The summed E-state index contributed by atoms with van der Waals surface area (Å²) in [5.41, 5.74) is 0.441. The first-order chi connectivity index (χ1) is 15.8. The molecule has 182 valence electrons. The van der Waals surface area contributed by atoms with E-state index in [1.165, 1.54) is 26.0 Å². The Bertz CT molecular complexity index is 995. The number of hydrogen-bond acceptors (Lipinski definition) is 6. The molecule has 3 fully saturated rings. The van der Waals surface area contributed by atoms with Crippen LogP contribution in [0.3, 0.4) is 0 Å². The molecule has 10 heteroatoms. The van der Waals surface area contributed by atoms with Gasteiger partial charge in [-0.1, -0.05) is 6.07 Å². The van der Waals surface area contributed by atoms with Crippen molar-refractivity contribution < 1.29 is 22.7 Å². The fraction of sp³-hybridized carbons (Fsp3) is 0.652. The summed E-state index contributed by atoms with van der Waals surface area (Å²) in [4.78, 5) is 31.2. The van der Waals surface area contributed by atoms with Crippen LogP contribution < -0.4 is 14.4 Å². The number of rotatable bonds is 7. The summed E-state index contributed by atoms with van der Waals surface area (Å²) >= 11 is 0. The molecule has 0 spiro atoms. The van der Waals surface area contributed by atoms with E-state index in [0.717, 1.165) is 32.4 Å².